The van der Waals surface area contributed by atoms with E-state index < -0.39 is 0 Å². The van der Waals surface area contributed by atoms with Crippen LogP contribution in [-0.4, -0.2) is 56.1 Å². The average molecular weight is 197 g/mol. The van der Waals surface area contributed by atoms with Crippen LogP contribution >= 0.6 is 0 Å². The Morgan fingerprint density at radius 2 is 1.79 bits per heavy atom. The average Bonchev–Trinajstić information content (AvgIpc) is 2.13. The van der Waals surface area contributed by atoms with Crippen LogP contribution in [0.3, 0.4) is 0 Å². The lowest BCUT2D eigenvalue weighted by Gasteiger charge is -2.42. The summed E-state index contributed by atoms with van der Waals surface area (Å²) < 4.78 is 0. The van der Waals surface area contributed by atoms with Crippen LogP contribution in [0.5, 0.6) is 0 Å². The second kappa shape index (κ2) is 4.60. The molecule has 2 aliphatic heterocycles. The molecule has 0 unspecified atom stereocenters. The molecule has 0 spiro atoms. The predicted octanol–water partition coefficient (Wildman–Crippen LogP) is 0.219. The second-order valence-corrected chi connectivity index (χ2v) is 5.07. The molecular weight excluding hydrogens is 174 g/mol. The van der Waals surface area contributed by atoms with E-state index in [0.29, 0.717) is 0 Å². The smallest absolute Gasteiger partial charge is 0.00342 e. The van der Waals surface area contributed by atoms with E-state index in [1.165, 1.54) is 45.6 Å². The van der Waals surface area contributed by atoms with Gasteiger partial charge in [-0.05, 0) is 51.4 Å². The first-order chi connectivity index (χ1) is 6.78. The number of nitrogens with two attached hydrogens (primary N) is 1. The molecule has 2 fully saturated rings. The van der Waals surface area contributed by atoms with Crippen molar-refractivity contribution in [3.05, 3.63) is 0 Å². The minimum absolute atomic E-state index is 0.793. The molecule has 2 aliphatic rings. The fraction of sp³-hybridized carbons (Fsp3) is 1.00. The highest BCUT2D eigenvalue weighted by atomic mass is 15.2. The lowest BCUT2D eigenvalue weighted by Crippen LogP contribution is -2.52. The lowest BCUT2D eigenvalue weighted by atomic mass is 9.93. The van der Waals surface area contributed by atoms with Crippen LogP contribution in [0, 0.1) is 11.8 Å². The standard InChI is InChI=1S/C11H23N3/c1-13-4-2-10(3-5-13)7-14-8-11(6-12)9-14/h10-11H,2-9,12H2,1H3. The summed E-state index contributed by atoms with van der Waals surface area (Å²) in [5.74, 6) is 1.74. The third kappa shape index (κ3) is 2.47. The molecule has 3 heteroatoms. The number of piperidine rings is 1. The zero-order valence-corrected chi connectivity index (χ0v) is 9.28. The zero-order valence-electron chi connectivity index (χ0n) is 9.28. The van der Waals surface area contributed by atoms with Crippen LogP contribution in [-0.2, 0) is 0 Å². The van der Waals surface area contributed by atoms with Gasteiger partial charge in [-0.15, -0.1) is 0 Å². The van der Waals surface area contributed by atoms with Gasteiger partial charge < -0.3 is 15.5 Å². The van der Waals surface area contributed by atoms with Gasteiger partial charge >= 0.3 is 0 Å². The number of rotatable bonds is 3. The molecule has 0 atom stereocenters. The van der Waals surface area contributed by atoms with E-state index in [-0.39, 0.29) is 0 Å². The Balaban J connectivity index is 1.62. The molecular formula is C11H23N3. The molecule has 14 heavy (non-hydrogen) atoms. The highest BCUT2D eigenvalue weighted by molar-refractivity contribution is 4.83. The van der Waals surface area contributed by atoms with Crippen molar-refractivity contribution in [2.24, 2.45) is 17.6 Å². The zero-order chi connectivity index (χ0) is 9.97. The van der Waals surface area contributed by atoms with E-state index in [4.69, 9.17) is 5.73 Å². The van der Waals surface area contributed by atoms with Crippen molar-refractivity contribution in [1.29, 1.82) is 0 Å². The predicted molar refractivity (Wildman–Crippen MR) is 59.2 cm³/mol. The summed E-state index contributed by atoms with van der Waals surface area (Å²) >= 11 is 0. The molecule has 0 amide bonds. The molecule has 3 nitrogen and oxygen atoms in total. The van der Waals surface area contributed by atoms with Gasteiger partial charge in [-0.1, -0.05) is 0 Å². The molecule has 2 heterocycles. The maximum atomic E-state index is 5.61. The summed E-state index contributed by atoms with van der Waals surface area (Å²) in [5, 5.41) is 0. The van der Waals surface area contributed by atoms with Gasteiger partial charge in [0.25, 0.3) is 0 Å². The van der Waals surface area contributed by atoms with Crippen molar-refractivity contribution in [3.63, 3.8) is 0 Å². The highest BCUT2D eigenvalue weighted by Crippen LogP contribution is 2.21. The Morgan fingerprint density at radius 3 is 2.36 bits per heavy atom. The Bertz CT molecular complexity index is 169. The van der Waals surface area contributed by atoms with Gasteiger partial charge in [-0.2, -0.15) is 0 Å². The molecule has 2 saturated heterocycles. The summed E-state index contributed by atoms with van der Waals surface area (Å²) in [6.45, 7) is 7.29. The van der Waals surface area contributed by atoms with E-state index in [1.807, 2.05) is 0 Å². The van der Waals surface area contributed by atoms with Crippen molar-refractivity contribution in [2.45, 2.75) is 12.8 Å². The van der Waals surface area contributed by atoms with Crippen LogP contribution in [0.15, 0.2) is 0 Å². The molecule has 0 bridgehead atoms. The molecule has 0 aromatic heterocycles. The number of hydrogen-bond donors (Lipinski definition) is 1. The van der Waals surface area contributed by atoms with Crippen molar-refractivity contribution >= 4 is 0 Å². The SMILES string of the molecule is CN1CCC(CN2CC(CN)C2)CC1. The summed E-state index contributed by atoms with van der Waals surface area (Å²) in [5.41, 5.74) is 5.61. The molecule has 0 aromatic rings. The van der Waals surface area contributed by atoms with Crippen LogP contribution in [0.25, 0.3) is 0 Å². The van der Waals surface area contributed by atoms with Crippen LogP contribution in [0.1, 0.15) is 12.8 Å². The highest BCUT2D eigenvalue weighted by Gasteiger charge is 2.28. The Hall–Kier alpha value is -0.120. The van der Waals surface area contributed by atoms with E-state index in [1.54, 1.807) is 0 Å². The molecule has 0 radical (unpaired) electrons. The monoisotopic (exact) mass is 197 g/mol. The first kappa shape index (κ1) is 10.4. The largest absolute Gasteiger partial charge is 0.330 e. The van der Waals surface area contributed by atoms with E-state index in [9.17, 15) is 0 Å². The topological polar surface area (TPSA) is 32.5 Å². The molecule has 82 valence electrons. The summed E-state index contributed by atoms with van der Waals surface area (Å²) in [6, 6.07) is 0. The normalized spacial score (nSPS) is 27.9. The first-order valence-corrected chi connectivity index (χ1v) is 5.89. The van der Waals surface area contributed by atoms with Gasteiger partial charge in [0.2, 0.25) is 0 Å². The number of nitrogens with zero attached hydrogens (tertiary/aromatic N) is 2. The van der Waals surface area contributed by atoms with Crippen molar-refractivity contribution in [1.82, 2.24) is 9.80 Å². The number of likely N-dealkylation sites (tertiary alicyclic amines) is 2. The Morgan fingerprint density at radius 1 is 1.14 bits per heavy atom. The van der Waals surface area contributed by atoms with Gasteiger partial charge in [0.05, 0.1) is 0 Å². The molecule has 0 aromatic carbocycles. The first-order valence-electron chi connectivity index (χ1n) is 5.89. The van der Waals surface area contributed by atoms with Crippen molar-refractivity contribution < 1.29 is 0 Å². The fourth-order valence-electron chi connectivity index (χ4n) is 2.58. The van der Waals surface area contributed by atoms with E-state index >= 15 is 0 Å². The van der Waals surface area contributed by atoms with Crippen LogP contribution in [0.4, 0.5) is 0 Å². The maximum absolute atomic E-state index is 5.61. The summed E-state index contributed by atoms with van der Waals surface area (Å²) in [7, 11) is 2.23. The summed E-state index contributed by atoms with van der Waals surface area (Å²) in [4.78, 5) is 5.02. The molecule has 0 aliphatic carbocycles. The van der Waals surface area contributed by atoms with E-state index in [2.05, 4.69) is 16.8 Å². The molecule has 2 N–H and O–H groups in total. The van der Waals surface area contributed by atoms with Gasteiger partial charge in [-0.25, -0.2) is 0 Å². The number of hydrogen-bond acceptors (Lipinski definition) is 3. The quantitative estimate of drug-likeness (QED) is 0.702. The third-order valence-corrected chi connectivity index (χ3v) is 3.72. The third-order valence-electron chi connectivity index (χ3n) is 3.72. The minimum atomic E-state index is 0.793. The molecule has 0 saturated carbocycles. The van der Waals surface area contributed by atoms with Crippen molar-refractivity contribution in [3.8, 4) is 0 Å². The van der Waals surface area contributed by atoms with Gasteiger partial charge in [0.1, 0.15) is 0 Å². The Kier molecular flexibility index (Phi) is 3.42. The minimum Gasteiger partial charge on any atom is -0.330 e. The van der Waals surface area contributed by atoms with E-state index in [0.717, 1.165) is 18.4 Å². The van der Waals surface area contributed by atoms with Crippen LogP contribution < -0.4 is 5.73 Å². The second-order valence-electron chi connectivity index (χ2n) is 5.07. The van der Waals surface area contributed by atoms with Crippen molar-refractivity contribution in [2.75, 3.05) is 46.3 Å². The Labute approximate surface area is 87.2 Å². The molecule has 2 rings (SSSR count). The summed E-state index contributed by atoms with van der Waals surface area (Å²) in [6.07, 6.45) is 2.78. The maximum Gasteiger partial charge on any atom is 0.00342 e. The van der Waals surface area contributed by atoms with Gasteiger partial charge in [0.15, 0.2) is 0 Å². The fourth-order valence-corrected chi connectivity index (χ4v) is 2.58. The van der Waals surface area contributed by atoms with Crippen LogP contribution in [0.2, 0.25) is 0 Å². The van der Waals surface area contributed by atoms with Gasteiger partial charge in [-0.3, -0.25) is 0 Å². The van der Waals surface area contributed by atoms with Gasteiger partial charge in [0, 0.05) is 19.6 Å². The lowest BCUT2D eigenvalue weighted by molar-refractivity contribution is 0.0694.